The van der Waals surface area contributed by atoms with Crippen LogP contribution in [-0.4, -0.2) is 26.9 Å². The number of aromatic nitrogens is 4. The second-order valence-corrected chi connectivity index (χ2v) is 4.30. The highest BCUT2D eigenvalue weighted by Gasteiger charge is 2.13. The molecule has 0 unspecified atom stereocenters. The number of fused-ring (bicyclic) bond motifs is 1. The average Bonchev–Trinajstić information content (AvgIpc) is 2.99. The van der Waals surface area contributed by atoms with Gasteiger partial charge in [0.2, 0.25) is 0 Å². The Kier molecular flexibility index (Phi) is 3.16. The van der Waals surface area contributed by atoms with E-state index in [2.05, 4.69) is 27.1 Å². The van der Waals surface area contributed by atoms with Gasteiger partial charge in [-0.25, -0.2) is 9.89 Å². The van der Waals surface area contributed by atoms with Gasteiger partial charge >= 0.3 is 5.69 Å². The number of aromatic amines is 1. The molecule has 2 heterocycles. The number of nitrogens with one attached hydrogen (secondary N) is 1. The van der Waals surface area contributed by atoms with Gasteiger partial charge in [-0.2, -0.15) is 14.7 Å². The Morgan fingerprint density at radius 1 is 1.33 bits per heavy atom. The first-order valence-electron chi connectivity index (χ1n) is 6.28. The fourth-order valence-electron chi connectivity index (χ4n) is 2.16. The fourth-order valence-corrected chi connectivity index (χ4v) is 2.16. The molecule has 0 fully saturated rings. The molecule has 3 aromatic rings. The SMILES string of the molecule is CC#Cc1ccc(-c2n[nH]c(=O)n3nccc23)c(OC)c1. The highest BCUT2D eigenvalue weighted by molar-refractivity contribution is 5.80. The number of ether oxygens (including phenoxy) is 1. The van der Waals surface area contributed by atoms with Crippen molar-refractivity contribution in [2.24, 2.45) is 0 Å². The first-order valence-corrected chi connectivity index (χ1v) is 6.28. The average molecular weight is 280 g/mol. The van der Waals surface area contributed by atoms with Crippen LogP contribution < -0.4 is 10.4 Å². The van der Waals surface area contributed by atoms with E-state index in [1.807, 2.05) is 18.2 Å². The zero-order valence-corrected chi connectivity index (χ0v) is 11.5. The molecule has 0 amide bonds. The molecule has 0 saturated carbocycles. The van der Waals surface area contributed by atoms with Gasteiger partial charge in [0, 0.05) is 11.1 Å². The summed E-state index contributed by atoms with van der Waals surface area (Å²) in [5.74, 6) is 6.46. The summed E-state index contributed by atoms with van der Waals surface area (Å²) in [7, 11) is 1.58. The highest BCUT2D eigenvalue weighted by Crippen LogP contribution is 2.31. The molecule has 6 nitrogen and oxygen atoms in total. The van der Waals surface area contributed by atoms with Crippen LogP contribution in [0.15, 0.2) is 35.3 Å². The Bertz CT molecular complexity index is 928. The predicted molar refractivity (Wildman–Crippen MR) is 78.1 cm³/mol. The van der Waals surface area contributed by atoms with E-state index in [9.17, 15) is 4.79 Å². The van der Waals surface area contributed by atoms with Crippen LogP contribution >= 0.6 is 0 Å². The standard InChI is InChI=1S/C15H12N4O2/c1-3-4-10-5-6-11(13(9-10)21-2)14-12-7-8-16-19(12)15(20)18-17-14/h5-9H,1-2H3,(H,18,20). The topological polar surface area (TPSA) is 72.3 Å². The molecule has 0 aliphatic heterocycles. The van der Waals surface area contributed by atoms with Crippen LogP contribution in [-0.2, 0) is 0 Å². The Morgan fingerprint density at radius 2 is 2.19 bits per heavy atom. The third-order valence-corrected chi connectivity index (χ3v) is 3.07. The number of hydrogen-bond acceptors (Lipinski definition) is 4. The summed E-state index contributed by atoms with van der Waals surface area (Å²) < 4.78 is 6.68. The van der Waals surface area contributed by atoms with Gasteiger partial charge in [0.05, 0.1) is 13.3 Å². The Morgan fingerprint density at radius 3 is 2.95 bits per heavy atom. The molecule has 0 atom stereocenters. The molecule has 2 aromatic heterocycles. The number of nitrogens with zero attached hydrogens (tertiary/aromatic N) is 3. The molecule has 104 valence electrons. The van der Waals surface area contributed by atoms with E-state index in [0.717, 1.165) is 11.1 Å². The van der Waals surface area contributed by atoms with E-state index < -0.39 is 0 Å². The van der Waals surface area contributed by atoms with Gasteiger partial charge < -0.3 is 4.74 Å². The van der Waals surface area contributed by atoms with Crippen LogP contribution in [0.1, 0.15) is 12.5 Å². The number of H-pyrrole nitrogens is 1. The quantitative estimate of drug-likeness (QED) is 0.721. The van der Waals surface area contributed by atoms with Crippen LogP contribution in [0.5, 0.6) is 5.75 Å². The van der Waals surface area contributed by atoms with Gasteiger partial charge in [-0.3, -0.25) is 0 Å². The molecular formula is C15H12N4O2. The predicted octanol–water partition coefficient (Wildman–Crippen LogP) is 1.46. The van der Waals surface area contributed by atoms with Crippen molar-refractivity contribution in [1.82, 2.24) is 19.8 Å². The zero-order valence-electron chi connectivity index (χ0n) is 11.5. The van der Waals surface area contributed by atoms with Crippen LogP contribution in [0, 0.1) is 11.8 Å². The molecule has 6 heteroatoms. The molecule has 3 rings (SSSR count). The van der Waals surface area contributed by atoms with E-state index in [1.165, 1.54) is 4.52 Å². The van der Waals surface area contributed by atoms with E-state index in [4.69, 9.17) is 4.74 Å². The normalized spacial score (nSPS) is 10.2. The lowest BCUT2D eigenvalue weighted by Crippen LogP contribution is -2.19. The summed E-state index contributed by atoms with van der Waals surface area (Å²) in [5.41, 5.74) is 2.45. The molecular weight excluding hydrogens is 268 g/mol. The lowest BCUT2D eigenvalue weighted by molar-refractivity contribution is 0.416. The Hall–Kier alpha value is -3.07. The number of methoxy groups -OCH3 is 1. The second kappa shape index (κ2) is 5.13. The molecule has 1 aromatic carbocycles. The maximum absolute atomic E-state index is 11.7. The van der Waals surface area contributed by atoms with Gasteiger partial charge in [0.1, 0.15) is 17.0 Å². The summed E-state index contributed by atoms with van der Waals surface area (Å²) in [6.45, 7) is 1.78. The molecule has 0 radical (unpaired) electrons. The molecule has 0 saturated heterocycles. The Labute approximate surface area is 120 Å². The van der Waals surface area contributed by atoms with Crippen molar-refractivity contribution in [3.63, 3.8) is 0 Å². The monoisotopic (exact) mass is 280 g/mol. The molecule has 0 bridgehead atoms. The first-order chi connectivity index (χ1) is 10.2. The van der Waals surface area contributed by atoms with Crippen molar-refractivity contribution in [2.45, 2.75) is 6.92 Å². The van der Waals surface area contributed by atoms with Crippen LogP contribution in [0.25, 0.3) is 16.8 Å². The highest BCUT2D eigenvalue weighted by atomic mass is 16.5. The van der Waals surface area contributed by atoms with Gasteiger partial charge in [-0.1, -0.05) is 5.92 Å². The summed E-state index contributed by atoms with van der Waals surface area (Å²) in [6, 6.07) is 7.32. The van der Waals surface area contributed by atoms with E-state index in [1.54, 1.807) is 26.3 Å². The largest absolute Gasteiger partial charge is 0.496 e. The lowest BCUT2D eigenvalue weighted by atomic mass is 10.1. The van der Waals surface area contributed by atoms with Crippen molar-refractivity contribution in [3.05, 3.63) is 46.5 Å². The molecule has 0 aliphatic rings. The van der Waals surface area contributed by atoms with Gasteiger partial charge in [0.15, 0.2) is 0 Å². The summed E-state index contributed by atoms with van der Waals surface area (Å²) >= 11 is 0. The zero-order chi connectivity index (χ0) is 14.8. The van der Waals surface area contributed by atoms with Crippen LogP contribution in [0.2, 0.25) is 0 Å². The van der Waals surface area contributed by atoms with Gasteiger partial charge in [0.25, 0.3) is 0 Å². The van der Waals surface area contributed by atoms with Crippen molar-refractivity contribution in [1.29, 1.82) is 0 Å². The van der Waals surface area contributed by atoms with E-state index >= 15 is 0 Å². The molecule has 0 aliphatic carbocycles. The molecule has 21 heavy (non-hydrogen) atoms. The van der Waals surface area contributed by atoms with Crippen molar-refractivity contribution in [2.75, 3.05) is 7.11 Å². The van der Waals surface area contributed by atoms with Gasteiger partial charge in [-0.05, 0) is 31.2 Å². The minimum Gasteiger partial charge on any atom is -0.496 e. The fraction of sp³-hybridized carbons (Fsp3) is 0.133. The third-order valence-electron chi connectivity index (χ3n) is 3.07. The summed E-state index contributed by atoms with van der Waals surface area (Å²) in [5, 5.41) is 10.5. The maximum Gasteiger partial charge on any atom is 0.363 e. The minimum atomic E-state index is -0.383. The third kappa shape index (κ3) is 2.15. The molecule has 1 N–H and O–H groups in total. The second-order valence-electron chi connectivity index (χ2n) is 4.30. The summed E-state index contributed by atoms with van der Waals surface area (Å²) in [6.07, 6.45) is 1.55. The maximum atomic E-state index is 11.7. The van der Waals surface area contributed by atoms with Crippen molar-refractivity contribution < 1.29 is 4.74 Å². The number of rotatable bonds is 2. The smallest absolute Gasteiger partial charge is 0.363 e. The van der Waals surface area contributed by atoms with Crippen molar-refractivity contribution in [3.8, 4) is 28.8 Å². The van der Waals surface area contributed by atoms with E-state index in [0.29, 0.717) is 17.0 Å². The van der Waals surface area contributed by atoms with Crippen molar-refractivity contribution >= 4 is 5.52 Å². The van der Waals surface area contributed by atoms with E-state index in [-0.39, 0.29) is 5.69 Å². The molecule has 0 spiro atoms. The summed E-state index contributed by atoms with van der Waals surface area (Å²) in [4.78, 5) is 11.7. The first kappa shape index (κ1) is 12.9. The Balaban J connectivity index is 2.27. The van der Waals surface area contributed by atoms with Gasteiger partial charge in [-0.15, -0.1) is 5.92 Å². The number of benzene rings is 1. The van der Waals surface area contributed by atoms with Crippen LogP contribution in [0.4, 0.5) is 0 Å². The van der Waals surface area contributed by atoms with Crippen LogP contribution in [0.3, 0.4) is 0 Å². The number of hydrogen-bond donors (Lipinski definition) is 1. The lowest BCUT2D eigenvalue weighted by Gasteiger charge is -2.09. The minimum absolute atomic E-state index is 0.383.